The van der Waals surface area contributed by atoms with Gasteiger partial charge in [0, 0.05) is 19.3 Å². The molecule has 0 amide bonds. The van der Waals surface area contributed by atoms with Gasteiger partial charge in [-0.25, -0.2) is 0 Å². The highest BCUT2D eigenvalue weighted by atomic mass is 16.6. The van der Waals surface area contributed by atoms with Crippen molar-refractivity contribution < 1.29 is 28.6 Å². The van der Waals surface area contributed by atoms with E-state index in [0.717, 1.165) is 96.3 Å². The Bertz CT molecular complexity index is 1170. The van der Waals surface area contributed by atoms with Crippen LogP contribution in [0, 0.1) is 0 Å². The van der Waals surface area contributed by atoms with E-state index in [9.17, 15) is 14.4 Å². The number of esters is 3. The fraction of sp³-hybridized carbons (Fsp3) is 0.776. The SMILES string of the molecule is CCCCC/C=C\CCCCCCCC(=O)OCC(COC(=O)CCCCCCC/C=C\C=C/CCCCCCCCC)OC(=O)CCCCC/C=C\C=C/CCCCCCCCC. The molecule has 0 saturated heterocycles. The monoisotopic (exact) mass is 895 g/mol. The Morgan fingerprint density at radius 2 is 0.562 bits per heavy atom. The molecule has 370 valence electrons. The number of carbonyl (C=O) groups excluding carboxylic acids is 3. The molecule has 0 fully saturated rings. The molecule has 0 saturated carbocycles. The van der Waals surface area contributed by atoms with Crippen LogP contribution in [0.1, 0.15) is 271 Å². The molecule has 0 bridgehead atoms. The number of carbonyl (C=O) groups is 3. The Morgan fingerprint density at radius 1 is 0.312 bits per heavy atom. The summed E-state index contributed by atoms with van der Waals surface area (Å²) < 4.78 is 16.8. The maximum Gasteiger partial charge on any atom is 0.306 e. The van der Waals surface area contributed by atoms with Gasteiger partial charge >= 0.3 is 17.9 Å². The molecule has 0 aliphatic carbocycles. The predicted molar refractivity (Wildman–Crippen MR) is 275 cm³/mol. The van der Waals surface area contributed by atoms with Crippen LogP contribution < -0.4 is 0 Å². The first kappa shape index (κ1) is 61.1. The van der Waals surface area contributed by atoms with Gasteiger partial charge in [-0.3, -0.25) is 14.4 Å². The molecule has 6 nitrogen and oxygen atoms in total. The molecule has 0 rings (SSSR count). The van der Waals surface area contributed by atoms with Crippen LogP contribution in [0.3, 0.4) is 0 Å². The zero-order valence-electron chi connectivity index (χ0n) is 42.3. The van der Waals surface area contributed by atoms with Crippen molar-refractivity contribution >= 4 is 17.9 Å². The van der Waals surface area contributed by atoms with Gasteiger partial charge in [0.15, 0.2) is 6.10 Å². The van der Waals surface area contributed by atoms with Gasteiger partial charge in [-0.2, -0.15) is 0 Å². The Hall–Kier alpha value is -2.89. The fourth-order valence-corrected chi connectivity index (χ4v) is 7.59. The number of hydrogen-bond acceptors (Lipinski definition) is 6. The maximum atomic E-state index is 12.8. The number of ether oxygens (including phenoxy) is 3. The lowest BCUT2D eigenvalue weighted by atomic mass is 10.1. The largest absolute Gasteiger partial charge is 0.462 e. The second-order valence-electron chi connectivity index (χ2n) is 18.2. The van der Waals surface area contributed by atoms with Crippen molar-refractivity contribution in [3.63, 3.8) is 0 Å². The van der Waals surface area contributed by atoms with Crippen molar-refractivity contribution in [2.45, 2.75) is 277 Å². The predicted octanol–water partition coefficient (Wildman–Crippen LogP) is 18.0. The topological polar surface area (TPSA) is 78.9 Å². The van der Waals surface area contributed by atoms with Crippen molar-refractivity contribution in [2.75, 3.05) is 13.2 Å². The molecule has 1 atom stereocenters. The Labute approximate surface area is 396 Å². The lowest BCUT2D eigenvalue weighted by Gasteiger charge is -2.18. The molecule has 0 N–H and O–H groups in total. The van der Waals surface area contributed by atoms with Gasteiger partial charge in [0.05, 0.1) is 0 Å². The summed E-state index contributed by atoms with van der Waals surface area (Å²) in [6, 6.07) is 0. The zero-order chi connectivity index (χ0) is 46.5. The number of unbranched alkanes of at least 4 members (excludes halogenated alkanes) is 30. The molecular formula is C58H102O6. The molecule has 6 heteroatoms. The molecule has 0 spiro atoms. The Morgan fingerprint density at radius 3 is 0.922 bits per heavy atom. The van der Waals surface area contributed by atoms with Crippen LogP contribution in [-0.4, -0.2) is 37.2 Å². The number of rotatable bonds is 49. The second-order valence-corrected chi connectivity index (χ2v) is 18.2. The molecule has 0 radical (unpaired) electrons. The van der Waals surface area contributed by atoms with Crippen molar-refractivity contribution in [3.8, 4) is 0 Å². The van der Waals surface area contributed by atoms with Crippen molar-refractivity contribution in [3.05, 3.63) is 60.8 Å². The van der Waals surface area contributed by atoms with Crippen molar-refractivity contribution in [1.82, 2.24) is 0 Å². The molecule has 0 aliphatic heterocycles. The summed E-state index contributed by atoms with van der Waals surface area (Å²) in [4.78, 5) is 38.0. The highest BCUT2D eigenvalue weighted by Gasteiger charge is 2.19. The summed E-state index contributed by atoms with van der Waals surface area (Å²) in [5, 5.41) is 0. The number of allylic oxidation sites excluding steroid dienone is 10. The molecule has 0 aromatic carbocycles. The minimum atomic E-state index is -0.797. The van der Waals surface area contributed by atoms with Gasteiger partial charge in [-0.1, -0.05) is 216 Å². The van der Waals surface area contributed by atoms with E-state index in [2.05, 4.69) is 81.5 Å². The molecular weight excluding hydrogens is 793 g/mol. The van der Waals surface area contributed by atoms with Crippen LogP contribution in [0.2, 0.25) is 0 Å². The van der Waals surface area contributed by atoms with Gasteiger partial charge < -0.3 is 14.2 Å². The summed E-state index contributed by atoms with van der Waals surface area (Å²) in [5.41, 5.74) is 0. The van der Waals surface area contributed by atoms with E-state index in [0.29, 0.717) is 19.3 Å². The van der Waals surface area contributed by atoms with E-state index in [1.165, 1.54) is 135 Å². The summed E-state index contributed by atoms with van der Waals surface area (Å²) in [6.45, 7) is 6.57. The lowest BCUT2D eigenvalue weighted by molar-refractivity contribution is -0.167. The van der Waals surface area contributed by atoms with E-state index >= 15 is 0 Å². The van der Waals surface area contributed by atoms with E-state index in [1.54, 1.807) is 0 Å². The van der Waals surface area contributed by atoms with E-state index in [1.807, 2.05) is 0 Å². The van der Waals surface area contributed by atoms with Gasteiger partial charge in [-0.05, 0) is 96.3 Å². The Kier molecular flexibility index (Phi) is 50.4. The standard InChI is InChI=1S/C58H102O6/c1-4-7-10-13-16-19-22-25-27-29-30-32-33-36-39-42-45-48-51-57(60)63-54-55(53-62-56(59)50-47-44-41-38-35-24-21-18-15-12-9-6-3)64-58(61)52-49-46-43-40-37-34-31-28-26-23-20-17-14-11-8-5-2/h18,21,27-32,34,37,55H,4-17,19-20,22-26,33,35-36,38-54H2,1-3H3/b21-18-,29-27-,31-28-,32-30-,37-34-. The summed E-state index contributed by atoms with van der Waals surface area (Å²) in [6.07, 6.45) is 64.9. The van der Waals surface area contributed by atoms with Crippen LogP contribution >= 0.6 is 0 Å². The molecule has 0 aromatic rings. The quantitative estimate of drug-likeness (QED) is 0.0199. The second kappa shape index (κ2) is 52.7. The average Bonchev–Trinajstić information content (AvgIpc) is 3.29. The highest BCUT2D eigenvalue weighted by Crippen LogP contribution is 2.14. The molecule has 0 heterocycles. The molecule has 0 aliphatic rings. The highest BCUT2D eigenvalue weighted by molar-refractivity contribution is 5.71. The third-order valence-corrected chi connectivity index (χ3v) is 11.8. The maximum absolute atomic E-state index is 12.8. The van der Waals surface area contributed by atoms with Crippen molar-refractivity contribution in [2.24, 2.45) is 0 Å². The minimum Gasteiger partial charge on any atom is -0.462 e. The van der Waals surface area contributed by atoms with Gasteiger partial charge in [0.25, 0.3) is 0 Å². The van der Waals surface area contributed by atoms with Crippen LogP contribution in [-0.2, 0) is 28.6 Å². The van der Waals surface area contributed by atoms with E-state index in [-0.39, 0.29) is 31.1 Å². The molecule has 64 heavy (non-hydrogen) atoms. The Balaban J connectivity index is 4.44. The summed E-state index contributed by atoms with van der Waals surface area (Å²) >= 11 is 0. The summed E-state index contributed by atoms with van der Waals surface area (Å²) in [5.74, 6) is -0.939. The number of hydrogen-bond donors (Lipinski definition) is 0. The van der Waals surface area contributed by atoms with Gasteiger partial charge in [-0.15, -0.1) is 0 Å². The van der Waals surface area contributed by atoms with Crippen LogP contribution in [0.4, 0.5) is 0 Å². The summed E-state index contributed by atoms with van der Waals surface area (Å²) in [7, 11) is 0. The zero-order valence-corrected chi connectivity index (χ0v) is 42.3. The smallest absolute Gasteiger partial charge is 0.306 e. The molecule has 1 unspecified atom stereocenters. The van der Waals surface area contributed by atoms with E-state index in [4.69, 9.17) is 14.2 Å². The fourth-order valence-electron chi connectivity index (χ4n) is 7.59. The van der Waals surface area contributed by atoms with Gasteiger partial charge in [0.2, 0.25) is 0 Å². The first-order valence-electron chi connectivity index (χ1n) is 27.3. The normalized spacial score (nSPS) is 12.5. The van der Waals surface area contributed by atoms with E-state index < -0.39 is 6.10 Å². The average molecular weight is 895 g/mol. The third kappa shape index (κ3) is 50.1. The van der Waals surface area contributed by atoms with Crippen LogP contribution in [0.25, 0.3) is 0 Å². The minimum absolute atomic E-state index is 0.0941. The van der Waals surface area contributed by atoms with Crippen molar-refractivity contribution in [1.29, 1.82) is 0 Å². The van der Waals surface area contributed by atoms with Crippen LogP contribution in [0.15, 0.2) is 60.8 Å². The third-order valence-electron chi connectivity index (χ3n) is 11.8. The molecule has 0 aromatic heterocycles. The van der Waals surface area contributed by atoms with Gasteiger partial charge in [0.1, 0.15) is 13.2 Å². The van der Waals surface area contributed by atoms with Crippen LogP contribution in [0.5, 0.6) is 0 Å². The first-order valence-corrected chi connectivity index (χ1v) is 27.3. The lowest BCUT2D eigenvalue weighted by Crippen LogP contribution is -2.30. The first-order chi connectivity index (χ1) is 31.5.